The fraction of sp³-hybridized carbons (Fsp3) is 0.0526. The van der Waals surface area contributed by atoms with Crippen LogP contribution in [-0.2, 0) is 5.85 Å². The molecule has 0 fully saturated rings. The fourth-order valence-electron chi connectivity index (χ4n) is 2.60. The molecule has 4 N–H and O–H groups in total. The van der Waals surface area contributed by atoms with Crippen LogP contribution in [-0.4, -0.2) is 4.98 Å². The van der Waals surface area contributed by atoms with E-state index in [0.29, 0.717) is 33.9 Å². The summed E-state index contributed by atoms with van der Waals surface area (Å²) in [6.45, 7) is 0. The summed E-state index contributed by atoms with van der Waals surface area (Å²) in [4.78, 5) is 15.9. The highest BCUT2D eigenvalue weighted by Crippen LogP contribution is 2.28. The minimum Gasteiger partial charge on any atom is -0.456 e. The molecule has 0 atom stereocenters. The lowest BCUT2D eigenvalue weighted by atomic mass is 10.1. The van der Waals surface area contributed by atoms with E-state index in [2.05, 4.69) is 4.98 Å². The number of aromatic nitrogens is 1. The Morgan fingerprint density at radius 2 is 1.76 bits per heavy atom. The van der Waals surface area contributed by atoms with Crippen molar-refractivity contribution in [1.29, 1.82) is 0 Å². The van der Waals surface area contributed by atoms with Crippen LogP contribution in [0.15, 0.2) is 75.9 Å². The minimum absolute atomic E-state index is 0.142. The number of hydrogen-bond donors (Lipinski definition) is 2. The number of nitrogens with zero attached hydrogens (tertiary/aromatic N) is 1. The number of benzene rings is 3. The van der Waals surface area contributed by atoms with E-state index in [4.69, 9.17) is 20.6 Å². The van der Waals surface area contributed by atoms with E-state index in [-0.39, 0.29) is 5.43 Å². The summed E-state index contributed by atoms with van der Waals surface area (Å²) >= 11 is 0. The van der Waals surface area contributed by atoms with Gasteiger partial charge in [-0.2, -0.15) is 0 Å². The van der Waals surface area contributed by atoms with Crippen molar-refractivity contribution in [2.75, 3.05) is 0 Å². The Hall–Kier alpha value is -3.22. The van der Waals surface area contributed by atoms with Gasteiger partial charge in [-0.3, -0.25) is 16.3 Å². The van der Waals surface area contributed by atoms with Crippen molar-refractivity contribution in [3.05, 3.63) is 82.5 Å². The van der Waals surface area contributed by atoms with Crippen LogP contribution in [0.4, 0.5) is 0 Å². The van der Waals surface area contributed by atoms with Gasteiger partial charge in [0.2, 0.25) is 5.85 Å². The Labute approximate surface area is 143 Å². The standard InChI is InChI=1S/C19H15N3O3/c20-19(21,12-4-2-1-3-5-12)25-14-7-9-16-18(11-14)24-17-10-13(23)6-8-15(17)22-16/h1-11H,20-21H2. The zero-order chi connectivity index (χ0) is 17.4. The third-order valence-corrected chi connectivity index (χ3v) is 3.84. The number of nitrogens with two attached hydrogens (primary N) is 2. The highest BCUT2D eigenvalue weighted by atomic mass is 16.5. The van der Waals surface area contributed by atoms with E-state index in [9.17, 15) is 4.79 Å². The molecule has 124 valence electrons. The Bertz CT molecular complexity index is 1070. The molecule has 4 rings (SSSR count). The van der Waals surface area contributed by atoms with Gasteiger partial charge in [0.1, 0.15) is 17.0 Å². The zero-order valence-electron chi connectivity index (χ0n) is 13.2. The molecular weight excluding hydrogens is 318 g/mol. The summed E-state index contributed by atoms with van der Waals surface area (Å²) in [5, 5.41) is 0. The van der Waals surface area contributed by atoms with Gasteiger partial charge in [0.15, 0.2) is 16.8 Å². The predicted octanol–water partition coefficient (Wildman–Crippen LogP) is 2.40. The first kappa shape index (κ1) is 15.3. The van der Waals surface area contributed by atoms with E-state index in [1.807, 2.05) is 18.2 Å². The first-order chi connectivity index (χ1) is 12.0. The van der Waals surface area contributed by atoms with Gasteiger partial charge in [-0.1, -0.05) is 30.3 Å². The van der Waals surface area contributed by atoms with Crippen molar-refractivity contribution in [2.24, 2.45) is 11.5 Å². The van der Waals surface area contributed by atoms with Crippen LogP contribution in [0.1, 0.15) is 5.56 Å². The topological polar surface area (TPSA) is 104 Å². The third-order valence-electron chi connectivity index (χ3n) is 3.84. The molecule has 1 aliphatic heterocycles. The van der Waals surface area contributed by atoms with Crippen LogP contribution in [0, 0.1) is 0 Å². The molecule has 2 aliphatic rings. The number of ether oxygens (including phenoxy) is 1. The summed E-state index contributed by atoms with van der Waals surface area (Å²) in [6, 6.07) is 18.7. The molecule has 6 nitrogen and oxygen atoms in total. The average molecular weight is 333 g/mol. The monoisotopic (exact) mass is 333 g/mol. The molecule has 0 amide bonds. The Balaban J connectivity index is 1.75. The average Bonchev–Trinajstić information content (AvgIpc) is 2.60. The largest absolute Gasteiger partial charge is 0.456 e. The summed E-state index contributed by atoms with van der Waals surface area (Å²) in [6.07, 6.45) is 0. The molecule has 0 radical (unpaired) electrons. The normalized spacial score (nSPS) is 11.8. The van der Waals surface area contributed by atoms with Gasteiger partial charge < -0.3 is 9.15 Å². The van der Waals surface area contributed by atoms with Crippen LogP contribution in [0.3, 0.4) is 0 Å². The van der Waals surface area contributed by atoms with Gasteiger partial charge in [0.05, 0.1) is 0 Å². The summed E-state index contributed by atoms with van der Waals surface area (Å²) in [5.41, 5.74) is 14.4. The highest BCUT2D eigenvalue weighted by Gasteiger charge is 2.24. The van der Waals surface area contributed by atoms with Crippen molar-refractivity contribution in [3.8, 4) is 17.2 Å². The summed E-state index contributed by atoms with van der Waals surface area (Å²) < 4.78 is 11.5. The van der Waals surface area contributed by atoms with Crippen LogP contribution in [0.25, 0.3) is 22.6 Å². The zero-order valence-corrected chi connectivity index (χ0v) is 13.2. The van der Waals surface area contributed by atoms with E-state index >= 15 is 0 Å². The predicted molar refractivity (Wildman–Crippen MR) is 94.0 cm³/mol. The SMILES string of the molecule is NC(N)(Oc1ccc2nc3ccc(=O)cc-3oc2c1)c1ccccc1. The van der Waals surface area contributed by atoms with Crippen molar-refractivity contribution in [2.45, 2.75) is 5.85 Å². The molecule has 25 heavy (non-hydrogen) atoms. The Morgan fingerprint density at radius 1 is 0.960 bits per heavy atom. The van der Waals surface area contributed by atoms with E-state index < -0.39 is 5.85 Å². The van der Waals surface area contributed by atoms with Crippen molar-refractivity contribution in [3.63, 3.8) is 0 Å². The molecule has 0 aromatic heterocycles. The molecule has 0 saturated carbocycles. The number of hydrogen-bond acceptors (Lipinski definition) is 6. The Kier molecular flexibility index (Phi) is 3.49. The van der Waals surface area contributed by atoms with Crippen LogP contribution >= 0.6 is 0 Å². The molecule has 1 aliphatic carbocycles. The maximum atomic E-state index is 11.5. The second-order valence-corrected chi connectivity index (χ2v) is 5.73. The molecule has 0 spiro atoms. The highest BCUT2D eigenvalue weighted by molar-refractivity contribution is 5.77. The van der Waals surface area contributed by atoms with Crippen LogP contribution in [0.5, 0.6) is 5.75 Å². The van der Waals surface area contributed by atoms with Crippen molar-refractivity contribution < 1.29 is 9.15 Å². The van der Waals surface area contributed by atoms with Crippen molar-refractivity contribution in [1.82, 2.24) is 4.98 Å². The van der Waals surface area contributed by atoms with Gasteiger partial charge >= 0.3 is 0 Å². The lowest BCUT2D eigenvalue weighted by Gasteiger charge is -2.26. The second kappa shape index (κ2) is 5.70. The van der Waals surface area contributed by atoms with E-state index in [1.54, 1.807) is 36.4 Å². The third kappa shape index (κ3) is 2.96. The van der Waals surface area contributed by atoms with Gasteiger partial charge in [0.25, 0.3) is 0 Å². The van der Waals surface area contributed by atoms with Crippen LogP contribution in [0.2, 0.25) is 0 Å². The molecule has 0 bridgehead atoms. The smallest absolute Gasteiger partial charge is 0.239 e. The molecule has 2 aromatic rings. The quantitative estimate of drug-likeness (QED) is 0.441. The van der Waals surface area contributed by atoms with Gasteiger partial charge in [-0.15, -0.1) is 0 Å². The Morgan fingerprint density at radius 3 is 2.56 bits per heavy atom. The van der Waals surface area contributed by atoms with E-state index in [0.717, 1.165) is 0 Å². The molecule has 0 saturated heterocycles. The van der Waals surface area contributed by atoms with Crippen LogP contribution < -0.4 is 21.6 Å². The van der Waals surface area contributed by atoms with Crippen molar-refractivity contribution >= 4 is 11.1 Å². The lowest BCUT2D eigenvalue weighted by Crippen LogP contribution is -2.51. The maximum absolute atomic E-state index is 11.5. The number of rotatable bonds is 3. The fourth-order valence-corrected chi connectivity index (χ4v) is 2.60. The molecule has 2 aromatic carbocycles. The minimum atomic E-state index is -1.48. The lowest BCUT2D eigenvalue weighted by molar-refractivity contribution is 0.0808. The molecular formula is C19H15N3O3. The van der Waals surface area contributed by atoms with E-state index in [1.165, 1.54) is 12.1 Å². The summed E-state index contributed by atoms with van der Waals surface area (Å²) in [7, 11) is 0. The second-order valence-electron chi connectivity index (χ2n) is 5.73. The molecule has 0 unspecified atom stereocenters. The molecule has 1 heterocycles. The first-order valence-corrected chi connectivity index (χ1v) is 7.68. The van der Waals surface area contributed by atoms with Gasteiger partial charge in [-0.25, -0.2) is 4.98 Å². The molecule has 6 heteroatoms. The maximum Gasteiger partial charge on any atom is 0.239 e. The first-order valence-electron chi connectivity index (χ1n) is 7.68. The number of fused-ring (bicyclic) bond motifs is 2. The van der Waals surface area contributed by atoms with Gasteiger partial charge in [-0.05, 0) is 24.3 Å². The summed E-state index contributed by atoms with van der Waals surface area (Å²) in [5.74, 6) is -0.641. The van der Waals surface area contributed by atoms with Gasteiger partial charge in [0, 0.05) is 17.7 Å².